The molecule has 1 fully saturated rings. The lowest BCUT2D eigenvalue weighted by Crippen LogP contribution is -2.30. The lowest BCUT2D eigenvalue weighted by atomic mass is 10.2. The summed E-state index contributed by atoms with van der Waals surface area (Å²) in [6.45, 7) is 2.34. The normalized spacial score (nSPS) is 17.8. The van der Waals surface area contributed by atoms with Crippen molar-refractivity contribution in [2.45, 2.75) is 24.8 Å². The number of amides is 2. The van der Waals surface area contributed by atoms with Gasteiger partial charge in [-0.3, -0.25) is 14.5 Å². The van der Waals surface area contributed by atoms with Gasteiger partial charge < -0.3 is 10.1 Å². The third kappa shape index (κ3) is 5.78. The molecule has 1 aliphatic heterocycles. The van der Waals surface area contributed by atoms with Crippen molar-refractivity contribution in [1.82, 2.24) is 4.90 Å². The summed E-state index contributed by atoms with van der Waals surface area (Å²) in [6.07, 6.45) is -4.59. The lowest BCUT2D eigenvalue weighted by molar-refractivity contribution is -0.137. The van der Waals surface area contributed by atoms with Crippen molar-refractivity contribution >= 4 is 40.1 Å². The zero-order chi connectivity index (χ0) is 22.6. The molecular formula is C21H20F3N3O3S. The second kappa shape index (κ2) is 9.42. The topological polar surface area (TPSA) is 71.0 Å². The van der Waals surface area contributed by atoms with Gasteiger partial charge in [0.15, 0.2) is 5.17 Å². The zero-order valence-corrected chi connectivity index (χ0v) is 17.6. The molecule has 0 aliphatic carbocycles. The van der Waals surface area contributed by atoms with E-state index in [9.17, 15) is 22.8 Å². The van der Waals surface area contributed by atoms with Crippen LogP contribution < -0.4 is 10.1 Å². The van der Waals surface area contributed by atoms with Crippen molar-refractivity contribution in [3.8, 4) is 5.75 Å². The number of hydrogen-bond donors (Lipinski definition) is 1. The third-order valence-electron chi connectivity index (χ3n) is 4.34. The first-order valence-electron chi connectivity index (χ1n) is 9.40. The van der Waals surface area contributed by atoms with Crippen LogP contribution in [0.25, 0.3) is 0 Å². The molecular weight excluding hydrogens is 431 g/mol. The van der Waals surface area contributed by atoms with Crippen LogP contribution in [-0.2, 0) is 15.8 Å². The number of benzene rings is 2. The van der Waals surface area contributed by atoms with Gasteiger partial charge in [0, 0.05) is 25.2 Å². The minimum Gasteiger partial charge on any atom is -0.494 e. The van der Waals surface area contributed by atoms with Crippen LogP contribution in [0.15, 0.2) is 53.5 Å². The molecule has 1 aliphatic rings. The van der Waals surface area contributed by atoms with Crippen molar-refractivity contribution in [1.29, 1.82) is 0 Å². The van der Waals surface area contributed by atoms with Gasteiger partial charge >= 0.3 is 6.18 Å². The fourth-order valence-corrected chi connectivity index (χ4v) is 4.02. The molecule has 10 heteroatoms. The molecule has 2 aromatic rings. The van der Waals surface area contributed by atoms with E-state index >= 15 is 0 Å². The molecule has 0 spiro atoms. The second-order valence-electron chi connectivity index (χ2n) is 6.66. The number of amidine groups is 1. The van der Waals surface area contributed by atoms with Gasteiger partial charge in [0.25, 0.3) is 0 Å². The fraction of sp³-hybridized carbons (Fsp3) is 0.286. The molecule has 0 radical (unpaired) electrons. The summed E-state index contributed by atoms with van der Waals surface area (Å²) in [6, 6.07) is 11.4. The predicted molar refractivity (Wildman–Crippen MR) is 114 cm³/mol. The summed E-state index contributed by atoms with van der Waals surface area (Å²) >= 11 is 1.04. The lowest BCUT2D eigenvalue weighted by Gasteiger charge is -2.10. The number of halogens is 3. The summed E-state index contributed by atoms with van der Waals surface area (Å²) in [5, 5.41) is 2.24. The van der Waals surface area contributed by atoms with Crippen molar-refractivity contribution in [2.75, 3.05) is 19.0 Å². The summed E-state index contributed by atoms with van der Waals surface area (Å²) in [5.41, 5.74) is -0.205. The number of nitrogens with one attached hydrogen (secondary N) is 1. The molecule has 1 saturated heterocycles. The Kier molecular flexibility index (Phi) is 6.89. The third-order valence-corrected chi connectivity index (χ3v) is 5.57. The Bertz CT molecular complexity index is 1010. The number of aliphatic imine (C=N–C) groups is 1. The van der Waals surface area contributed by atoms with Gasteiger partial charge in [-0.2, -0.15) is 13.2 Å². The Morgan fingerprint density at radius 2 is 1.97 bits per heavy atom. The van der Waals surface area contributed by atoms with Crippen LogP contribution in [0.2, 0.25) is 0 Å². The highest BCUT2D eigenvalue weighted by Gasteiger charge is 2.37. The number of carbonyl (C=O) groups excluding carboxylic acids is 2. The van der Waals surface area contributed by atoms with E-state index in [0.717, 1.165) is 23.9 Å². The standard InChI is InChI=1S/C21H20F3N3O3S/c1-3-30-16-9-5-8-15(11-16)25-18(28)12-17-19(29)27(2)20(31-17)26-14-7-4-6-13(10-14)21(22,23)24/h4-11,17H,3,12H2,1-2H3,(H,25,28)/t17-/m0/s1. The maximum atomic E-state index is 12.9. The SMILES string of the molecule is CCOc1cccc(NC(=O)C[C@@H]2SC(=Nc3cccc(C(F)(F)F)c3)N(C)C2=O)c1. The molecule has 1 atom stereocenters. The summed E-state index contributed by atoms with van der Waals surface area (Å²) in [7, 11) is 1.48. The monoisotopic (exact) mass is 451 g/mol. The maximum Gasteiger partial charge on any atom is 0.416 e. The van der Waals surface area contributed by atoms with Gasteiger partial charge in [0.1, 0.15) is 11.0 Å². The van der Waals surface area contributed by atoms with Gasteiger partial charge in [-0.25, -0.2) is 4.99 Å². The van der Waals surface area contributed by atoms with E-state index in [1.165, 1.54) is 24.1 Å². The number of carbonyl (C=O) groups is 2. The Morgan fingerprint density at radius 1 is 1.23 bits per heavy atom. The van der Waals surface area contributed by atoms with Crippen LogP contribution in [0.4, 0.5) is 24.5 Å². The number of nitrogens with zero attached hydrogens (tertiary/aromatic N) is 2. The average Bonchev–Trinajstić information content (AvgIpc) is 2.96. The van der Waals surface area contributed by atoms with E-state index in [-0.39, 0.29) is 29.1 Å². The molecule has 2 aromatic carbocycles. The van der Waals surface area contributed by atoms with Gasteiger partial charge in [0.2, 0.25) is 11.8 Å². The molecule has 0 aromatic heterocycles. The average molecular weight is 451 g/mol. The molecule has 0 saturated carbocycles. The minimum absolute atomic E-state index is 0.0785. The molecule has 2 amide bonds. The Hall–Kier alpha value is -3.01. The molecule has 6 nitrogen and oxygen atoms in total. The number of alkyl halides is 3. The van der Waals surface area contributed by atoms with Crippen LogP contribution in [-0.4, -0.2) is 40.8 Å². The predicted octanol–water partition coefficient (Wildman–Crippen LogP) is 4.69. The highest BCUT2D eigenvalue weighted by molar-refractivity contribution is 8.15. The Labute approximate surface area is 181 Å². The second-order valence-corrected chi connectivity index (χ2v) is 7.83. The molecule has 31 heavy (non-hydrogen) atoms. The van der Waals surface area contributed by atoms with Crippen molar-refractivity contribution in [3.05, 3.63) is 54.1 Å². The summed E-state index contributed by atoms with van der Waals surface area (Å²) < 4.78 is 44.1. The van der Waals surface area contributed by atoms with Crippen molar-refractivity contribution in [2.24, 2.45) is 4.99 Å². The fourth-order valence-electron chi connectivity index (χ4n) is 2.87. The van der Waals surface area contributed by atoms with Crippen LogP contribution in [0, 0.1) is 0 Å². The highest BCUT2D eigenvalue weighted by Crippen LogP contribution is 2.34. The molecule has 164 valence electrons. The number of thioether (sulfide) groups is 1. The van der Waals surface area contributed by atoms with Crippen LogP contribution in [0.3, 0.4) is 0 Å². The molecule has 1 N–H and O–H groups in total. The van der Waals surface area contributed by atoms with Gasteiger partial charge in [-0.15, -0.1) is 0 Å². The Morgan fingerprint density at radius 3 is 2.68 bits per heavy atom. The van der Waals surface area contributed by atoms with Crippen LogP contribution in [0.5, 0.6) is 5.75 Å². The van der Waals surface area contributed by atoms with E-state index in [2.05, 4.69) is 10.3 Å². The molecule has 0 bridgehead atoms. The number of anilines is 1. The first kappa shape index (κ1) is 22.7. The van der Waals surface area contributed by atoms with E-state index in [4.69, 9.17) is 4.74 Å². The number of hydrogen-bond acceptors (Lipinski definition) is 5. The van der Waals surface area contributed by atoms with Gasteiger partial charge in [0.05, 0.1) is 17.9 Å². The molecule has 3 rings (SSSR count). The quantitative estimate of drug-likeness (QED) is 0.692. The first-order valence-corrected chi connectivity index (χ1v) is 10.3. The number of ether oxygens (including phenoxy) is 1. The van der Waals surface area contributed by atoms with E-state index in [1.807, 2.05) is 6.92 Å². The summed E-state index contributed by atoms with van der Waals surface area (Å²) in [4.78, 5) is 30.3. The minimum atomic E-state index is -4.49. The van der Waals surface area contributed by atoms with Crippen molar-refractivity contribution < 1.29 is 27.5 Å². The molecule has 1 heterocycles. The van der Waals surface area contributed by atoms with Gasteiger partial charge in [-0.1, -0.05) is 23.9 Å². The smallest absolute Gasteiger partial charge is 0.416 e. The van der Waals surface area contributed by atoms with Crippen molar-refractivity contribution in [3.63, 3.8) is 0 Å². The van der Waals surface area contributed by atoms with Crippen LogP contribution >= 0.6 is 11.8 Å². The zero-order valence-electron chi connectivity index (χ0n) is 16.8. The molecule has 0 unspecified atom stereocenters. The van der Waals surface area contributed by atoms with E-state index in [0.29, 0.717) is 18.0 Å². The largest absolute Gasteiger partial charge is 0.494 e. The summed E-state index contributed by atoms with van der Waals surface area (Å²) in [5.74, 6) is -0.0935. The van der Waals surface area contributed by atoms with Gasteiger partial charge in [-0.05, 0) is 37.3 Å². The Balaban J connectivity index is 1.68. The highest BCUT2D eigenvalue weighted by atomic mass is 32.2. The first-order chi connectivity index (χ1) is 14.7. The van der Waals surface area contributed by atoms with Crippen LogP contribution in [0.1, 0.15) is 18.9 Å². The maximum absolute atomic E-state index is 12.9. The van der Waals surface area contributed by atoms with E-state index in [1.54, 1.807) is 24.3 Å². The number of rotatable bonds is 6. The van der Waals surface area contributed by atoms with E-state index < -0.39 is 17.0 Å².